The van der Waals surface area contributed by atoms with Crippen molar-refractivity contribution in [2.45, 2.75) is 11.8 Å². The highest BCUT2D eigenvalue weighted by Crippen LogP contribution is 2.29. The second-order valence-corrected chi connectivity index (χ2v) is 5.73. The molecule has 0 unspecified atom stereocenters. The Kier molecular flexibility index (Phi) is 3.64. The molecule has 0 spiro atoms. The Labute approximate surface area is 124 Å². The van der Waals surface area contributed by atoms with Gasteiger partial charge >= 0.3 is 5.97 Å². The lowest BCUT2D eigenvalue weighted by molar-refractivity contribution is -0.138. The van der Waals surface area contributed by atoms with E-state index in [1.54, 1.807) is 6.07 Å². The van der Waals surface area contributed by atoms with E-state index in [-0.39, 0.29) is 6.54 Å². The summed E-state index contributed by atoms with van der Waals surface area (Å²) in [6.45, 7) is 0.461. The van der Waals surface area contributed by atoms with Gasteiger partial charge in [-0.2, -0.15) is 0 Å². The zero-order valence-electron chi connectivity index (χ0n) is 10.4. The number of aliphatic carboxylic acids is 1. The predicted molar refractivity (Wildman–Crippen MR) is 75.5 cm³/mol. The first kappa shape index (κ1) is 13.4. The van der Waals surface area contributed by atoms with Crippen molar-refractivity contribution in [3.05, 3.63) is 29.3 Å². The summed E-state index contributed by atoms with van der Waals surface area (Å²) in [5, 5.41) is 18.6. The third-order valence-corrected chi connectivity index (χ3v) is 4.17. The van der Waals surface area contributed by atoms with Crippen LogP contribution in [0.2, 0.25) is 5.02 Å². The van der Waals surface area contributed by atoms with E-state index in [4.69, 9.17) is 16.7 Å². The standard InChI is InChI=1S/C12H11ClN4O2S/c13-9-3-1-2-8(4-9)11-14-15-12-17(11)6-16(7-20-12)5-10(18)19/h1-4H,5-7H2,(H,18,19). The minimum absolute atomic E-state index is 0.000391. The molecule has 0 aliphatic carbocycles. The van der Waals surface area contributed by atoms with E-state index in [0.717, 1.165) is 10.7 Å². The van der Waals surface area contributed by atoms with Gasteiger partial charge in [-0.3, -0.25) is 14.3 Å². The molecule has 1 aliphatic rings. The zero-order chi connectivity index (χ0) is 14.1. The summed E-state index contributed by atoms with van der Waals surface area (Å²) in [7, 11) is 0. The molecule has 2 aromatic rings. The number of carboxylic acids is 1. The number of thioether (sulfide) groups is 1. The van der Waals surface area contributed by atoms with Gasteiger partial charge in [0.2, 0.25) is 0 Å². The number of nitrogens with zero attached hydrogens (tertiary/aromatic N) is 4. The van der Waals surface area contributed by atoms with Crippen LogP contribution in [0.4, 0.5) is 0 Å². The maximum Gasteiger partial charge on any atom is 0.317 e. The maximum atomic E-state index is 10.8. The van der Waals surface area contributed by atoms with Crippen molar-refractivity contribution in [2.75, 3.05) is 12.4 Å². The summed E-state index contributed by atoms with van der Waals surface area (Å²) in [4.78, 5) is 12.6. The Morgan fingerprint density at radius 1 is 1.45 bits per heavy atom. The Morgan fingerprint density at radius 3 is 3.05 bits per heavy atom. The molecular formula is C12H11ClN4O2S. The van der Waals surface area contributed by atoms with Crippen molar-refractivity contribution in [2.24, 2.45) is 0 Å². The molecule has 0 fully saturated rings. The molecule has 3 rings (SSSR count). The number of hydrogen-bond donors (Lipinski definition) is 1. The van der Waals surface area contributed by atoms with E-state index in [2.05, 4.69) is 10.2 Å². The van der Waals surface area contributed by atoms with Crippen LogP contribution < -0.4 is 0 Å². The summed E-state index contributed by atoms with van der Waals surface area (Å²) >= 11 is 7.47. The maximum absolute atomic E-state index is 10.8. The molecule has 1 aromatic heterocycles. The number of fused-ring (bicyclic) bond motifs is 1. The Balaban J connectivity index is 1.93. The van der Waals surface area contributed by atoms with Crippen molar-refractivity contribution >= 4 is 29.3 Å². The van der Waals surface area contributed by atoms with Crippen molar-refractivity contribution in [1.82, 2.24) is 19.7 Å². The Hall–Kier alpha value is -1.57. The normalized spacial score (nSPS) is 15.1. The van der Waals surface area contributed by atoms with Gasteiger partial charge in [0.15, 0.2) is 11.0 Å². The lowest BCUT2D eigenvalue weighted by atomic mass is 10.2. The monoisotopic (exact) mass is 310 g/mol. The molecule has 1 N–H and O–H groups in total. The molecule has 1 aromatic carbocycles. The SMILES string of the molecule is O=C(O)CN1CSc2nnc(-c3cccc(Cl)c3)n2C1. The van der Waals surface area contributed by atoms with Gasteiger partial charge in [0.05, 0.1) is 19.1 Å². The number of carbonyl (C=O) groups is 1. The van der Waals surface area contributed by atoms with Crippen molar-refractivity contribution in [3.8, 4) is 11.4 Å². The number of carboxylic acid groups (broad SMARTS) is 1. The predicted octanol–water partition coefficient (Wildman–Crippen LogP) is 2.01. The minimum atomic E-state index is -0.841. The Morgan fingerprint density at radius 2 is 2.30 bits per heavy atom. The lowest BCUT2D eigenvalue weighted by Gasteiger charge is -2.26. The summed E-state index contributed by atoms with van der Waals surface area (Å²) < 4.78 is 1.91. The van der Waals surface area contributed by atoms with Gasteiger partial charge in [-0.25, -0.2) is 0 Å². The highest BCUT2D eigenvalue weighted by Gasteiger charge is 2.23. The topological polar surface area (TPSA) is 71.2 Å². The van der Waals surface area contributed by atoms with Crippen LogP contribution in [0.5, 0.6) is 0 Å². The summed E-state index contributed by atoms with van der Waals surface area (Å²) in [6, 6.07) is 7.37. The van der Waals surface area contributed by atoms with Gasteiger partial charge in [-0.1, -0.05) is 35.5 Å². The fraction of sp³-hybridized carbons (Fsp3) is 0.250. The molecule has 1 aliphatic heterocycles. The minimum Gasteiger partial charge on any atom is -0.480 e. The van der Waals surface area contributed by atoms with Crippen LogP contribution >= 0.6 is 23.4 Å². The Bertz CT molecular complexity index is 661. The molecule has 0 saturated heterocycles. The van der Waals surface area contributed by atoms with Crippen molar-refractivity contribution in [3.63, 3.8) is 0 Å². The third kappa shape index (κ3) is 2.65. The van der Waals surface area contributed by atoms with E-state index in [1.807, 2.05) is 27.7 Å². The molecule has 20 heavy (non-hydrogen) atoms. The van der Waals surface area contributed by atoms with Gasteiger partial charge in [0, 0.05) is 10.6 Å². The largest absolute Gasteiger partial charge is 0.480 e. The zero-order valence-corrected chi connectivity index (χ0v) is 11.9. The van der Waals surface area contributed by atoms with Gasteiger partial charge in [0.1, 0.15) is 0 Å². The third-order valence-electron chi connectivity index (χ3n) is 2.88. The molecule has 8 heteroatoms. The molecule has 104 valence electrons. The molecule has 0 amide bonds. The highest BCUT2D eigenvalue weighted by molar-refractivity contribution is 7.99. The van der Waals surface area contributed by atoms with E-state index < -0.39 is 5.97 Å². The first-order valence-corrected chi connectivity index (χ1v) is 7.26. The van der Waals surface area contributed by atoms with Crippen molar-refractivity contribution in [1.29, 1.82) is 0 Å². The quantitative estimate of drug-likeness (QED) is 0.935. The molecule has 0 radical (unpaired) electrons. The van der Waals surface area contributed by atoms with Crippen LogP contribution in [0, 0.1) is 0 Å². The first-order valence-electron chi connectivity index (χ1n) is 5.89. The van der Waals surface area contributed by atoms with E-state index in [9.17, 15) is 4.79 Å². The smallest absolute Gasteiger partial charge is 0.317 e. The van der Waals surface area contributed by atoms with Gasteiger partial charge in [-0.05, 0) is 12.1 Å². The van der Waals surface area contributed by atoms with Crippen LogP contribution in [0.1, 0.15) is 0 Å². The number of rotatable bonds is 3. The number of hydrogen-bond acceptors (Lipinski definition) is 5. The second-order valence-electron chi connectivity index (χ2n) is 4.38. The van der Waals surface area contributed by atoms with Crippen LogP contribution in [0.3, 0.4) is 0 Å². The van der Waals surface area contributed by atoms with Gasteiger partial charge in [0.25, 0.3) is 0 Å². The van der Waals surface area contributed by atoms with Crippen LogP contribution in [-0.2, 0) is 11.5 Å². The molecule has 2 heterocycles. The van der Waals surface area contributed by atoms with Crippen LogP contribution in [-0.4, -0.2) is 43.2 Å². The average molecular weight is 311 g/mol. The van der Waals surface area contributed by atoms with E-state index in [0.29, 0.717) is 23.4 Å². The summed E-state index contributed by atoms with van der Waals surface area (Å²) in [5.41, 5.74) is 0.869. The molecule has 0 saturated carbocycles. The average Bonchev–Trinajstić information content (AvgIpc) is 2.81. The number of benzene rings is 1. The van der Waals surface area contributed by atoms with E-state index >= 15 is 0 Å². The van der Waals surface area contributed by atoms with Gasteiger partial charge < -0.3 is 5.11 Å². The van der Waals surface area contributed by atoms with E-state index in [1.165, 1.54) is 11.8 Å². The first-order chi connectivity index (χ1) is 9.63. The molecular weight excluding hydrogens is 300 g/mol. The lowest BCUT2D eigenvalue weighted by Crippen LogP contribution is -2.34. The fourth-order valence-corrected chi connectivity index (χ4v) is 3.10. The van der Waals surface area contributed by atoms with Crippen LogP contribution in [0.25, 0.3) is 11.4 Å². The molecule has 0 atom stereocenters. The van der Waals surface area contributed by atoms with Crippen molar-refractivity contribution < 1.29 is 9.90 Å². The fourth-order valence-electron chi connectivity index (χ4n) is 2.04. The summed E-state index contributed by atoms with van der Waals surface area (Å²) in [5.74, 6) is 0.455. The molecule has 6 nitrogen and oxygen atoms in total. The van der Waals surface area contributed by atoms with Crippen LogP contribution in [0.15, 0.2) is 29.4 Å². The van der Waals surface area contributed by atoms with Gasteiger partial charge in [-0.15, -0.1) is 10.2 Å². The number of aromatic nitrogens is 3. The highest BCUT2D eigenvalue weighted by atomic mass is 35.5. The number of halogens is 1. The summed E-state index contributed by atoms with van der Waals surface area (Å²) in [6.07, 6.45) is 0. The second kappa shape index (κ2) is 5.43. The molecule has 0 bridgehead atoms.